The van der Waals surface area contributed by atoms with Gasteiger partial charge >= 0.3 is 5.97 Å². The predicted molar refractivity (Wildman–Crippen MR) is 111 cm³/mol. The van der Waals surface area contributed by atoms with Gasteiger partial charge in [-0.1, -0.05) is 0 Å². The lowest BCUT2D eigenvalue weighted by Crippen LogP contribution is -2.42. The number of carbonyl (C=O) groups excluding carboxylic acids is 3. The minimum Gasteiger partial charge on any atom is -0.467 e. The number of carbonyl (C=O) groups is 3. The monoisotopic (exact) mass is 428 g/mol. The number of hydrogen-bond acceptors (Lipinski definition) is 7. The molecule has 1 atom stereocenters. The van der Waals surface area contributed by atoms with Crippen LogP contribution in [-0.4, -0.2) is 46.5 Å². The Hall–Kier alpha value is -3.20. The van der Waals surface area contributed by atoms with Gasteiger partial charge in [0.15, 0.2) is 11.5 Å². The maximum Gasteiger partial charge on any atom is 0.328 e. The molecule has 8 nitrogen and oxygen atoms in total. The number of hydrogen-bond donors (Lipinski definition) is 0. The van der Waals surface area contributed by atoms with Crippen molar-refractivity contribution in [3.05, 3.63) is 46.1 Å². The average molecular weight is 428 g/mol. The first-order valence-electron chi connectivity index (χ1n) is 9.25. The Morgan fingerprint density at radius 1 is 1.20 bits per heavy atom. The van der Waals surface area contributed by atoms with Crippen molar-refractivity contribution >= 4 is 35.0 Å². The van der Waals surface area contributed by atoms with Gasteiger partial charge in [-0.15, -0.1) is 0 Å². The highest BCUT2D eigenvalue weighted by Gasteiger charge is 2.41. The zero-order valence-corrected chi connectivity index (χ0v) is 17.7. The number of benzene rings is 1. The van der Waals surface area contributed by atoms with E-state index in [1.54, 1.807) is 6.08 Å². The van der Waals surface area contributed by atoms with Gasteiger partial charge in [-0.2, -0.15) is 0 Å². The fourth-order valence-electron chi connectivity index (χ4n) is 3.59. The van der Waals surface area contributed by atoms with Crippen LogP contribution in [-0.2, 0) is 14.3 Å². The minimum atomic E-state index is -0.977. The second-order valence-corrected chi connectivity index (χ2v) is 7.94. The quantitative estimate of drug-likeness (QED) is 0.545. The van der Waals surface area contributed by atoms with Gasteiger partial charge in [-0.05, 0) is 62.4 Å². The second-order valence-electron chi connectivity index (χ2n) is 6.95. The Balaban J connectivity index is 1.67. The van der Waals surface area contributed by atoms with E-state index >= 15 is 0 Å². The van der Waals surface area contributed by atoms with E-state index in [9.17, 15) is 14.4 Å². The highest BCUT2D eigenvalue weighted by molar-refractivity contribution is 8.18. The van der Waals surface area contributed by atoms with Crippen molar-refractivity contribution in [3.63, 3.8) is 0 Å². The molecule has 1 aromatic carbocycles. The molecular formula is C21H20N2O6S. The molecule has 1 aromatic heterocycles. The summed E-state index contributed by atoms with van der Waals surface area (Å²) in [4.78, 5) is 38.0. The Morgan fingerprint density at radius 2 is 1.93 bits per heavy atom. The number of rotatable bonds is 4. The smallest absolute Gasteiger partial charge is 0.328 e. The first-order valence-corrected chi connectivity index (χ1v) is 10.1. The largest absolute Gasteiger partial charge is 0.467 e. The van der Waals surface area contributed by atoms with Crippen molar-refractivity contribution in [3.8, 4) is 17.2 Å². The summed E-state index contributed by atoms with van der Waals surface area (Å²) in [6.07, 6.45) is 1.68. The second kappa shape index (κ2) is 7.56. The molecule has 9 heteroatoms. The zero-order chi connectivity index (χ0) is 21.6. The number of thioether (sulfide) groups is 1. The van der Waals surface area contributed by atoms with Crippen molar-refractivity contribution in [2.75, 3.05) is 13.9 Å². The highest BCUT2D eigenvalue weighted by Crippen LogP contribution is 2.37. The summed E-state index contributed by atoms with van der Waals surface area (Å²) in [5.41, 5.74) is 3.57. The lowest BCUT2D eigenvalue weighted by molar-refractivity contribution is -0.148. The predicted octanol–water partition coefficient (Wildman–Crippen LogP) is 3.42. The average Bonchev–Trinajstić information content (AvgIpc) is 3.37. The lowest BCUT2D eigenvalue weighted by atomic mass is 10.2. The molecule has 1 saturated heterocycles. The number of aromatic nitrogens is 1. The molecular weight excluding hydrogens is 408 g/mol. The summed E-state index contributed by atoms with van der Waals surface area (Å²) in [6.45, 7) is 5.56. The van der Waals surface area contributed by atoms with Crippen LogP contribution >= 0.6 is 11.8 Å². The summed E-state index contributed by atoms with van der Waals surface area (Å²) in [5.74, 6) is 0.240. The van der Waals surface area contributed by atoms with Crippen LogP contribution in [0.5, 0.6) is 11.5 Å². The number of ether oxygens (including phenoxy) is 3. The van der Waals surface area contributed by atoms with E-state index in [0.29, 0.717) is 11.5 Å². The normalized spacial score (nSPS) is 17.7. The first-order chi connectivity index (χ1) is 14.3. The summed E-state index contributed by atoms with van der Waals surface area (Å²) >= 11 is 0.814. The summed E-state index contributed by atoms with van der Waals surface area (Å²) < 4.78 is 17.5. The van der Waals surface area contributed by atoms with E-state index < -0.39 is 23.2 Å². The molecule has 1 fully saturated rings. The molecule has 0 spiro atoms. The van der Waals surface area contributed by atoms with Crippen molar-refractivity contribution in [2.24, 2.45) is 0 Å². The van der Waals surface area contributed by atoms with Crippen LogP contribution in [0.2, 0.25) is 0 Å². The summed E-state index contributed by atoms with van der Waals surface area (Å²) in [6, 6.07) is 6.66. The van der Waals surface area contributed by atoms with Crippen LogP contribution in [0.4, 0.5) is 4.79 Å². The molecule has 2 aliphatic rings. The lowest BCUT2D eigenvalue weighted by Gasteiger charge is -2.18. The van der Waals surface area contributed by atoms with Crippen LogP contribution in [0.15, 0.2) is 29.2 Å². The van der Waals surface area contributed by atoms with E-state index in [0.717, 1.165) is 39.3 Å². The SMILES string of the molecule is COC(=O)C(C)N1C(=O)SC(=Cc2cc(C)n(-c3ccc4c(c3)OCO4)c2C)C1=O. The van der Waals surface area contributed by atoms with Crippen LogP contribution in [0.1, 0.15) is 23.9 Å². The van der Waals surface area contributed by atoms with E-state index in [1.807, 2.05) is 42.7 Å². The molecule has 1 unspecified atom stereocenters. The van der Waals surface area contributed by atoms with Crippen molar-refractivity contribution < 1.29 is 28.6 Å². The fourth-order valence-corrected chi connectivity index (χ4v) is 4.49. The maximum absolute atomic E-state index is 12.8. The maximum atomic E-state index is 12.8. The molecule has 0 aliphatic carbocycles. The van der Waals surface area contributed by atoms with Crippen molar-refractivity contribution in [2.45, 2.75) is 26.8 Å². The number of methoxy groups -OCH3 is 1. The van der Waals surface area contributed by atoms with Crippen molar-refractivity contribution in [1.29, 1.82) is 0 Å². The number of amides is 2. The molecule has 30 heavy (non-hydrogen) atoms. The Bertz CT molecular complexity index is 1100. The van der Waals surface area contributed by atoms with E-state index in [4.69, 9.17) is 9.47 Å². The number of fused-ring (bicyclic) bond motifs is 1. The molecule has 156 valence electrons. The molecule has 2 aliphatic heterocycles. The fraction of sp³-hybridized carbons (Fsp3) is 0.286. The molecule has 2 amide bonds. The Kier molecular flexibility index (Phi) is 5.07. The van der Waals surface area contributed by atoms with E-state index in [2.05, 4.69) is 4.74 Å². The van der Waals surface area contributed by atoms with Gasteiger partial charge in [0.2, 0.25) is 6.79 Å². The minimum absolute atomic E-state index is 0.202. The van der Waals surface area contributed by atoms with Crippen molar-refractivity contribution in [1.82, 2.24) is 9.47 Å². The van der Waals surface area contributed by atoms with E-state index in [1.165, 1.54) is 14.0 Å². The molecule has 2 aromatic rings. The van der Waals surface area contributed by atoms with Gasteiger partial charge in [-0.25, -0.2) is 4.79 Å². The molecule has 4 rings (SSSR count). The number of imide groups is 1. The molecule has 0 saturated carbocycles. The van der Waals surface area contributed by atoms with Gasteiger partial charge in [-0.3, -0.25) is 14.5 Å². The topological polar surface area (TPSA) is 87.1 Å². The number of aryl methyl sites for hydroxylation is 1. The van der Waals surface area contributed by atoms with Crippen LogP contribution in [0.25, 0.3) is 11.8 Å². The third kappa shape index (κ3) is 3.24. The highest BCUT2D eigenvalue weighted by atomic mass is 32.2. The third-order valence-electron chi connectivity index (χ3n) is 5.12. The van der Waals surface area contributed by atoms with Crippen LogP contribution in [0, 0.1) is 13.8 Å². The van der Waals surface area contributed by atoms with Crippen LogP contribution < -0.4 is 9.47 Å². The summed E-state index contributed by atoms with van der Waals surface area (Å²) in [7, 11) is 1.22. The van der Waals surface area contributed by atoms with E-state index in [-0.39, 0.29) is 11.7 Å². The number of nitrogens with zero attached hydrogens (tertiary/aromatic N) is 2. The molecule has 0 N–H and O–H groups in total. The third-order valence-corrected chi connectivity index (χ3v) is 6.01. The molecule has 0 radical (unpaired) electrons. The van der Waals surface area contributed by atoms with Gasteiger partial charge in [0.1, 0.15) is 6.04 Å². The van der Waals surface area contributed by atoms with Gasteiger partial charge in [0, 0.05) is 23.1 Å². The summed E-state index contributed by atoms with van der Waals surface area (Å²) in [5, 5.41) is -0.492. The van der Waals surface area contributed by atoms with Gasteiger partial charge in [0.05, 0.1) is 12.0 Å². The van der Waals surface area contributed by atoms with Gasteiger partial charge in [0.25, 0.3) is 11.1 Å². The molecule has 3 heterocycles. The molecule has 0 bridgehead atoms. The zero-order valence-electron chi connectivity index (χ0n) is 16.9. The Morgan fingerprint density at radius 3 is 2.67 bits per heavy atom. The van der Waals surface area contributed by atoms with Crippen LogP contribution in [0.3, 0.4) is 0 Å². The number of esters is 1. The first kappa shape index (κ1) is 20.1. The van der Waals surface area contributed by atoms with Gasteiger partial charge < -0.3 is 18.8 Å². The standard InChI is InChI=1S/C21H20N2O6S/c1-11-7-14(8-18-19(24)23(21(26)30-18)13(3)20(25)27-4)12(2)22(11)15-5-6-16-17(9-15)29-10-28-16/h5-9,13H,10H2,1-4H3. The Labute approximate surface area is 177 Å².